The summed E-state index contributed by atoms with van der Waals surface area (Å²) in [6.45, 7) is 3.46. The van der Waals surface area contributed by atoms with Crippen LogP contribution in [0.5, 0.6) is 0 Å². The third-order valence-electron chi connectivity index (χ3n) is 2.23. The molecule has 0 aliphatic rings. The van der Waals surface area contributed by atoms with Crippen LogP contribution in [-0.2, 0) is 0 Å². The van der Waals surface area contributed by atoms with Gasteiger partial charge in [-0.15, -0.1) is 6.42 Å². The zero-order valence-electron chi connectivity index (χ0n) is 9.24. The van der Waals surface area contributed by atoms with Crippen LogP contribution in [0.15, 0.2) is 22.7 Å². The normalized spacial score (nSPS) is 9.56. The molecule has 1 aromatic carbocycles. The predicted octanol–water partition coefficient (Wildman–Crippen LogP) is 3.11. The van der Waals surface area contributed by atoms with Crippen molar-refractivity contribution in [1.29, 1.82) is 0 Å². The van der Waals surface area contributed by atoms with Crippen molar-refractivity contribution in [3.05, 3.63) is 28.2 Å². The third-order valence-corrected chi connectivity index (χ3v) is 2.73. The molecule has 3 heteroatoms. The first-order valence-electron chi connectivity index (χ1n) is 5.16. The standard InChI is InChI=1S/C13H14BrNO/c1-3-7-15(8-4-2)13-6-5-12(14)9-11(13)10-16/h1,5-6,9-10H,4,7-8H2,2H3. The fourth-order valence-electron chi connectivity index (χ4n) is 1.57. The van der Waals surface area contributed by atoms with Crippen molar-refractivity contribution in [2.24, 2.45) is 0 Å². The maximum Gasteiger partial charge on any atom is 0.152 e. The van der Waals surface area contributed by atoms with E-state index in [0.29, 0.717) is 12.1 Å². The molecule has 0 N–H and O–H groups in total. The van der Waals surface area contributed by atoms with Crippen molar-refractivity contribution in [3.8, 4) is 12.3 Å². The van der Waals surface area contributed by atoms with E-state index in [4.69, 9.17) is 6.42 Å². The van der Waals surface area contributed by atoms with Crippen molar-refractivity contribution in [3.63, 3.8) is 0 Å². The van der Waals surface area contributed by atoms with Crippen LogP contribution >= 0.6 is 15.9 Å². The Morgan fingerprint density at radius 3 is 2.88 bits per heavy atom. The van der Waals surface area contributed by atoms with Crippen LogP contribution in [0.25, 0.3) is 0 Å². The van der Waals surface area contributed by atoms with Crippen LogP contribution in [0.4, 0.5) is 5.69 Å². The minimum Gasteiger partial charge on any atom is -0.360 e. The first kappa shape index (κ1) is 12.8. The quantitative estimate of drug-likeness (QED) is 0.610. The summed E-state index contributed by atoms with van der Waals surface area (Å²) >= 11 is 3.35. The van der Waals surface area contributed by atoms with Crippen LogP contribution in [-0.4, -0.2) is 19.4 Å². The largest absolute Gasteiger partial charge is 0.360 e. The summed E-state index contributed by atoms with van der Waals surface area (Å²) in [4.78, 5) is 13.0. The molecule has 0 amide bonds. The highest BCUT2D eigenvalue weighted by Crippen LogP contribution is 2.23. The van der Waals surface area contributed by atoms with E-state index in [0.717, 1.165) is 29.4 Å². The Labute approximate surface area is 105 Å². The summed E-state index contributed by atoms with van der Waals surface area (Å²) in [6, 6.07) is 5.64. The van der Waals surface area contributed by atoms with Gasteiger partial charge in [0.1, 0.15) is 0 Å². The van der Waals surface area contributed by atoms with Gasteiger partial charge in [0.15, 0.2) is 6.29 Å². The molecule has 16 heavy (non-hydrogen) atoms. The topological polar surface area (TPSA) is 20.3 Å². The smallest absolute Gasteiger partial charge is 0.152 e. The zero-order valence-corrected chi connectivity index (χ0v) is 10.8. The number of benzene rings is 1. The van der Waals surface area contributed by atoms with Crippen LogP contribution < -0.4 is 4.90 Å². The van der Waals surface area contributed by atoms with E-state index in [-0.39, 0.29) is 0 Å². The van der Waals surface area contributed by atoms with Gasteiger partial charge in [-0.05, 0) is 24.6 Å². The van der Waals surface area contributed by atoms with Crippen LogP contribution in [0.3, 0.4) is 0 Å². The maximum absolute atomic E-state index is 11.0. The fourth-order valence-corrected chi connectivity index (χ4v) is 1.95. The van der Waals surface area contributed by atoms with E-state index in [1.807, 2.05) is 23.1 Å². The van der Waals surface area contributed by atoms with Gasteiger partial charge in [0.05, 0.1) is 6.54 Å². The molecule has 0 unspecified atom stereocenters. The summed E-state index contributed by atoms with van der Waals surface area (Å²) in [7, 11) is 0. The third kappa shape index (κ3) is 3.11. The molecule has 0 fully saturated rings. The van der Waals surface area contributed by atoms with Crippen molar-refractivity contribution >= 4 is 27.9 Å². The molecule has 0 saturated carbocycles. The van der Waals surface area contributed by atoms with Crippen molar-refractivity contribution in [1.82, 2.24) is 0 Å². The van der Waals surface area contributed by atoms with E-state index in [9.17, 15) is 4.79 Å². The van der Waals surface area contributed by atoms with Crippen molar-refractivity contribution in [2.45, 2.75) is 13.3 Å². The fraction of sp³-hybridized carbons (Fsp3) is 0.308. The molecular formula is C13H14BrNO. The van der Waals surface area contributed by atoms with Gasteiger partial charge >= 0.3 is 0 Å². The van der Waals surface area contributed by atoms with Gasteiger partial charge in [-0.25, -0.2) is 0 Å². The SMILES string of the molecule is C#CCN(CCC)c1ccc(Br)cc1C=O. The summed E-state index contributed by atoms with van der Waals surface area (Å²) in [5, 5.41) is 0. The van der Waals surface area contributed by atoms with Crippen molar-refractivity contribution in [2.75, 3.05) is 18.0 Å². The number of carbonyl (C=O) groups excluding carboxylic acids is 1. The van der Waals surface area contributed by atoms with Gasteiger partial charge in [-0.3, -0.25) is 4.79 Å². The van der Waals surface area contributed by atoms with Crippen LogP contribution in [0, 0.1) is 12.3 Å². The average Bonchev–Trinajstić information content (AvgIpc) is 2.28. The Morgan fingerprint density at radius 1 is 1.56 bits per heavy atom. The number of nitrogens with zero attached hydrogens (tertiary/aromatic N) is 1. The number of carbonyl (C=O) groups is 1. The minimum atomic E-state index is 0.524. The van der Waals surface area contributed by atoms with Gasteiger partial charge in [-0.2, -0.15) is 0 Å². The molecule has 2 nitrogen and oxygen atoms in total. The highest BCUT2D eigenvalue weighted by Gasteiger charge is 2.09. The van der Waals surface area contributed by atoms with Crippen LogP contribution in [0.1, 0.15) is 23.7 Å². The summed E-state index contributed by atoms with van der Waals surface area (Å²) in [5.41, 5.74) is 1.57. The van der Waals surface area contributed by atoms with E-state index in [2.05, 4.69) is 28.8 Å². The Hall–Kier alpha value is -1.27. The lowest BCUT2D eigenvalue weighted by molar-refractivity contribution is 0.112. The molecule has 0 aliphatic carbocycles. The molecule has 0 aromatic heterocycles. The number of halogens is 1. The predicted molar refractivity (Wildman–Crippen MR) is 70.9 cm³/mol. The van der Waals surface area contributed by atoms with Gasteiger partial charge in [-0.1, -0.05) is 28.8 Å². The maximum atomic E-state index is 11.0. The summed E-state index contributed by atoms with van der Waals surface area (Å²) in [5.74, 6) is 2.62. The lowest BCUT2D eigenvalue weighted by atomic mass is 10.1. The molecule has 0 heterocycles. The molecule has 0 saturated heterocycles. The molecule has 0 atom stereocenters. The second-order valence-corrected chi connectivity index (χ2v) is 4.36. The molecule has 0 aliphatic heterocycles. The van der Waals surface area contributed by atoms with E-state index < -0.39 is 0 Å². The zero-order chi connectivity index (χ0) is 12.0. The van der Waals surface area contributed by atoms with Crippen molar-refractivity contribution < 1.29 is 4.79 Å². The number of aldehydes is 1. The summed E-state index contributed by atoms with van der Waals surface area (Å²) in [6.07, 6.45) is 7.19. The Morgan fingerprint density at radius 2 is 2.31 bits per heavy atom. The first-order chi connectivity index (χ1) is 7.72. The number of terminal acetylenes is 1. The molecule has 1 aromatic rings. The second-order valence-electron chi connectivity index (χ2n) is 3.45. The van der Waals surface area contributed by atoms with Gasteiger partial charge in [0.25, 0.3) is 0 Å². The number of rotatable bonds is 5. The molecule has 0 spiro atoms. The average molecular weight is 280 g/mol. The van der Waals surface area contributed by atoms with Gasteiger partial charge in [0, 0.05) is 22.3 Å². The Kier molecular flexibility index (Phi) is 5.07. The van der Waals surface area contributed by atoms with Crippen LogP contribution in [0.2, 0.25) is 0 Å². The highest BCUT2D eigenvalue weighted by atomic mass is 79.9. The number of anilines is 1. The molecule has 0 bridgehead atoms. The monoisotopic (exact) mass is 279 g/mol. The van der Waals surface area contributed by atoms with E-state index >= 15 is 0 Å². The Bertz CT molecular complexity index is 409. The second kappa shape index (κ2) is 6.34. The van der Waals surface area contributed by atoms with E-state index in [1.54, 1.807) is 0 Å². The number of hydrogen-bond donors (Lipinski definition) is 0. The lowest BCUT2D eigenvalue weighted by Crippen LogP contribution is -2.25. The van der Waals surface area contributed by atoms with Gasteiger partial charge < -0.3 is 4.90 Å². The lowest BCUT2D eigenvalue weighted by Gasteiger charge is -2.23. The Balaban J connectivity index is 3.08. The minimum absolute atomic E-state index is 0.524. The molecule has 84 valence electrons. The van der Waals surface area contributed by atoms with Gasteiger partial charge in [0.2, 0.25) is 0 Å². The molecule has 0 radical (unpaired) electrons. The molecular weight excluding hydrogens is 266 g/mol. The first-order valence-corrected chi connectivity index (χ1v) is 5.95. The summed E-state index contributed by atoms with van der Waals surface area (Å²) < 4.78 is 0.899. The van der Waals surface area contributed by atoms with E-state index in [1.165, 1.54) is 0 Å². The number of hydrogen-bond acceptors (Lipinski definition) is 2. The molecule has 1 rings (SSSR count). The highest BCUT2D eigenvalue weighted by molar-refractivity contribution is 9.10.